The van der Waals surface area contributed by atoms with Crippen LogP contribution in [0.1, 0.15) is 16.8 Å². The first-order valence-corrected chi connectivity index (χ1v) is 10.5. The lowest BCUT2D eigenvalue weighted by Crippen LogP contribution is -2.39. The molecule has 0 spiro atoms. The molecule has 0 aliphatic carbocycles. The Labute approximate surface area is 181 Å². The molecule has 1 amide bonds. The van der Waals surface area contributed by atoms with Crippen LogP contribution in [0, 0.1) is 5.82 Å². The van der Waals surface area contributed by atoms with Gasteiger partial charge in [-0.15, -0.1) is 0 Å². The average molecular weight is 423 g/mol. The van der Waals surface area contributed by atoms with Gasteiger partial charge in [0.2, 0.25) is 5.91 Å². The summed E-state index contributed by atoms with van der Waals surface area (Å²) in [7, 11) is 0. The molecule has 0 saturated carbocycles. The molecule has 1 aliphatic rings. The summed E-state index contributed by atoms with van der Waals surface area (Å²) in [6.07, 6.45) is 2.33. The Morgan fingerprint density at radius 1 is 1.06 bits per heavy atom. The zero-order valence-electron chi connectivity index (χ0n) is 17.4. The van der Waals surface area contributed by atoms with Crippen molar-refractivity contribution in [3.63, 3.8) is 0 Å². The molecule has 0 unspecified atom stereocenters. The third kappa shape index (κ3) is 6.23. The molecule has 1 saturated heterocycles. The first-order valence-electron chi connectivity index (χ1n) is 10.5. The van der Waals surface area contributed by atoms with Gasteiger partial charge in [0, 0.05) is 38.1 Å². The molecule has 1 aromatic heterocycles. The number of rotatable bonds is 8. The summed E-state index contributed by atoms with van der Waals surface area (Å²) in [6, 6.07) is 18.5. The van der Waals surface area contributed by atoms with Gasteiger partial charge in [0.25, 0.3) is 0 Å². The first-order chi connectivity index (χ1) is 15.2. The van der Waals surface area contributed by atoms with E-state index in [-0.39, 0.29) is 17.8 Å². The molecule has 1 N–H and O–H groups in total. The van der Waals surface area contributed by atoms with Gasteiger partial charge in [0.05, 0.1) is 19.3 Å². The van der Waals surface area contributed by atoms with Gasteiger partial charge < -0.3 is 9.64 Å². The van der Waals surface area contributed by atoms with Crippen LogP contribution in [0.15, 0.2) is 66.9 Å². The van der Waals surface area contributed by atoms with Crippen LogP contribution in [0.2, 0.25) is 0 Å². The summed E-state index contributed by atoms with van der Waals surface area (Å²) in [4.78, 5) is 17.0. The van der Waals surface area contributed by atoms with Crippen LogP contribution >= 0.6 is 0 Å². The topological polar surface area (TPSA) is 61.5 Å². The first kappa shape index (κ1) is 21.2. The van der Waals surface area contributed by atoms with Gasteiger partial charge in [0.1, 0.15) is 5.82 Å². The number of aromatic amines is 1. The average Bonchev–Trinajstić information content (AvgIpc) is 3.23. The Kier molecular flexibility index (Phi) is 7.07. The molecule has 31 heavy (non-hydrogen) atoms. The highest BCUT2D eigenvalue weighted by Crippen LogP contribution is 2.15. The molecule has 3 aromatic rings. The monoisotopic (exact) mass is 422 g/mol. The van der Waals surface area contributed by atoms with Gasteiger partial charge in [-0.25, -0.2) is 4.39 Å². The standard InChI is InChI=1S/C24H27FN4O2/c25-21-8-4-7-20(13-21)18-31-23-15-28(14-22-9-11-26-27-22)17-24(30)29(16-23)12-10-19-5-2-1-3-6-19/h1-9,11,13,23H,10,12,14-18H2,(H,26,27)/t23-/m1/s1. The summed E-state index contributed by atoms with van der Waals surface area (Å²) in [5, 5.41) is 6.96. The molecule has 162 valence electrons. The highest BCUT2D eigenvalue weighted by atomic mass is 19.1. The Morgan fingerprint density at radius 3 is 2.68 bits per heavy atom. The van der Waals surface area contributed by atoms with Crippen molar-refractivity contribution in [1.82, 2.24) is 20.0 Å². The maximum atomic E-state index is 13.5. The van der Waals surface area contributed by atoms with Crippen LogP contribution in [0.25, 0.3) is 0 Å². The second kappa shape index (κ2) is 10.3. The Bertz CT molecular complexity index is 965. The third-order valence-electron chi connectivity index (χ3n) is 5.44. The number of aromatic nitrogens is 2. The highest BCUT2D eigenvalue weighted by Gasteiger charge is 2.28. The molecule has 7 heteroatoms. The zero-order chi connectivity index (χ0) is 21.5. The second-order valence-corrected chi connectivity index (χ2v) is 7.89. The molecule has 0 bridgehead atoms. The van der Waals surface area contributed by atoms with E-state index < -0.39 is 0 Å². The Balaban J connectivity index is 1.44. The number of benzene rings is 2. The zero-order valence-corrected chi connectivity index (χ0v) is 17.4. The van der Waals surface area contributed by atoms with E-state index in [4.69, 9.17) is 4.74 Å². The van der Waals surface area contributed by atoms with Crippen LogP contribution in [0.3, 0.4) is 0 Å². The predicted molar refractivity (Wildman–Crippen MR) is 116 cm³/mol. The van der Waals surface area contributed by atoms with Crippen LogP contribution in [-0.2, 0) is 29.1 Å². The number of ether oxygens (including phenoxy) is 1. The maximum Gasteiger partial charge on any atom is 0.236 e. The minimum atomic E-state index is -0.275. The van der Waals surface area contributed by atoms with Crippen LogP contribution in [0.4, 0.5) is 4.39 Å². The number of amides is 1. The van der Waals surface area contributed by atoms with Gasteiger partial charge >= 0.3 is 0 Å². The number of carbonyl (C=O) groups excluding carboxylic acids is 1. The number of hydrogen-bond acceptors (Lipinski definition) is 4. The van der Waals surface area contributed by atoms with Crippen molar-refractivity contribution in [2.45, 2.75) is 25.7 Å². The number of hydrogen-bond donors (Lipinski definition) is 1. The molecule has 1 aliphatic heterocycles. The SMILES string of the molecule is O=C1CN(Cc2ccn[nH]2)C[C@@H](OCc2cccc(F)c2)CN1CCc1ccccc1. The normalized spacial score (nSPS) is 17.6. The van der Waals surface area contributed by atoms with E-state index in [1.54, 1.807) is 12.3 Å². The van der Waals surface area contributed by atoms with E-state index in [2.05, 4.69) is 27.2 Å². The number of halogens is 1. The molecule has 1 atom stereocenters. The summed E-state index contributed by atoms with van der Waals surface area (Å²) in [5.41, 5.74) is 2.94. The molecule has 4 rings (SSSR count). The van der Waals surface area contributed by atoms with Crippen molar-refractivity contribution >= 4 is 5.91 Å². The minimum Gasteiger partial charge on any atom is -0.370 e. The summed E-state index contributed by atoms with van der Waals surface area (Å²) >= 11 is 0. The number of nitrogens with one attached hydrogen (secondary N) is 1. The fraction of sp³-hybridized carbons (Fsp3) is 0.333. The van der Waals surface area contributed by atoms with Crippen LogP contribution < -0.4 is 0 Å². The van der Waals surface area contributed by atoms with Gasteiger partial charge in [-0.2, -0.15) is 5.10 Å². The lowest BCUT2D eigenvalue weighted by molar-refractivity contribution is -0.131. The van der Waals surface area contributed by atoms with Crippen molar-refractivity contribution in [1.29, 1.82) is 0 Å². The van der Waals surface area contributed by atoms with Crippen molar-refractivity contribution in [2.24, 2.45) is 0 Å². The molecule has 2 aromatic carbocycles. The smallest absolute Gasteiger partial charge is 0.236 e. The Morgan fingerprint density at radius 2 is 1.90 bits per heavy atom. The molecular weight excluding hydrogens is 395 g/mol. The predicted octanol–water partition coefficient (Wildman–Crippen LogP) is 3.02. The van der Waals surface area contributed by atoms with Gasteiger partial charge in [0.15, 0.2) is 0 Å². The molecule has 1 fully saturated rings. The van der Waals surface area contributed by atoms with E-state index in [1.165, 1.54) is 17.7 Å². The van der Waals surface area contributed by atoms with Crippen molar-refractivity contribution < 1.29 is 13.9 Å². The van der Waals surface area contributed by atoms with E-state index in [0.717, 1.165) is 17.7 Å². The lowest BCUT2D eigenvalue weighted by atomic mass is 10.1. The summed E-state index contributed by atoms with van der Waals surface area (Å²) < 4.78 is 19.7. The third-order valence-corrected chi connectivity index (χ3v) is 5.44. The summed E-state index contributed by atoms with van der Waals surface area (Å²) in [6.45, 7) is 3.00. The number of nitrogens with zero attached hydrogens (tertiary/aromatic N) is 3. The fourth-order valence-corrected chi connectivity index (χ4v) is 3.85. The molecule has 6 nitrogen and oxygen atoms in total. The quantitative estimate of drug-likeness (QED) is 0.606. The van der Waals surface area contributed by atoms with E-state index in [9.17, 15) is 9.18 Å². The maximum absolute atomic E-state index is 13.5. The van der Waals surface area contributed by atoms with Crippen LogP contribution in [0.5, 0.6) is 0 Å². The molecular formula is C24H27FN4O2. The van der Waals surface area contributed by atoms with Crippen molar-refractivity contribution in [3.05, 3.63) is 89.5 Å². The van der Waals surface area contributed by atoms with Gasteiger partial charge in [-0.1, -0.05) is 42.5 Å². The van der Waals surface area contributed by atoms with E-state index in [1.807, 2.05) is 35.2 Å². The molecule has 2 heterocycles. The van der Waals surface area contributed by atoms with E-state index in [0.29, 0.717) is 39.3 Å². The second-order valence-electron chi connectivity index (χ2n) is 7.89. The van der Waals surface area contributed by atoms with Crippen molar-refractivity contribution in [3.8, 4) is 0 Å². The number of H-pyrrole nitrogens is 1. The van der Waals surface area contributed by atoms with Crippen LogP contribution in [-0.4, -0.2) is 58.2 Å². The summed E-state index contributed by atoms with van der Waals surface area (Å²) in [5.74, 6) is -0.185. The van der Waals surface area contributed by atoms with E-state index >= 15 is 0 Å². The van der Waals surface area contributed by atoms with Gasteiger partial charge in [-0.05, 0) is 35.7 Å². The number of carbonyl (C=O) groups is 1. The molecule has 0 radical (unpaired) electrons. The fourth-order valence-electron chi connectivity index (χ4n) is 3.85. The lowest BCUT2D eigenvalue weighted by Gasteiger charge is -2.25. The Hall–Kier alpha value is -3.03. The largest absolute Gasteiger partial charge is 0.370 e. The van der Waals surface area contributed by atoms with Crippen molar-refractivity contribution in [2.75, 3.05) is 26.2 Å². The van der Waals surface area contributed by atoms with Gasteiger partial charge in [-0.3, -0.25) is 14.8 Å². The minimum absolute atomic E-state index is 0.0901. The highest BCUT2D eigenvalue weighted by molar-refractivity contribution is 5.78.